The number of carbonyl (C=O) groups is 2. The van der Waals surface area contributed by atoms with Gasteiger partial charge in [-0.1, -0.05) is 47.5 Å². The van der Waals surface area contributed by atoms with E-state index in [1.807, 2.05) is 50.2 Å². The Hall–Kier alpha value is -2.92. The van der Waals surface area contributed by atoms with E-state index in [0.717, 1.165) is 21.6 Å². The van der Waals surface area contributed by atoms with E-state index in [0.29, 0.717) is 16.8 Å². The first kappa shape index (κ1) is 17.9. The van der Waals surface area contributed by atoms with Crippen LogP contribution >= 0.6 is 11.3 Å². The van der Waals surface area contributed by atoms with E-state index in [1.54, 1.807) is 17.5 Å². The topological polar surface area (TPSA) is 55.4 Å². The van der Waals surface area contributed by atoms with Crippen molar-refractivity contribution < 1.29 is 14.3 Å². The summed E-state index contributed by atoms with van der Waals surface area (Å²) >= 11 is 1.40. The van der Waals surface area contributed by atoms with Crippen molar-refractivity contribution >= 4 is 28.9 Å². The van der Waals surface area contributed by atoms with Gasteiger partial charge in [0.1, 0.15) is 5.56 Å². The molecule has 0 atom stereocenters. The maximum absolute atomic E-state index is 12.5. The maximum Gasteiger partial charge on any atom is 0.341 e. The van der Waals surface area contributed by atoms with Gasteiger partial charge in [0.15, 0.2) is 0 Å². The zero-order valence-electron chi connectivity index (χ0n) is 14.8. The van der Waals surface area contributed by atoms with Gasteiger partial charge in [-0.15, -0.1) is 11.3 Å². The van der Waals surface area contributed by atoms with Gasteiger partial charge in [0.2, 0.25) is 0 Å². The van der Waals surface area contributed by atoms with Crippen molar-refractivity contribution in [3.63, 3.8) is 0 Å². The molecule has 3 rings (SSSR count). The number of hydrogen-bond donors (Lipinski definition) is 1. The van der Waals surface area contributed by atoms with Crippen molar-refractivity contribution in [2.24, 2.45) is 0 Å². The summed E-state index contributed by atoms with van der Waals surface area (Å²) in [6, 6.07) is 15.2. The van der Waals surface area contributed by atoms with Crippen molar-refractivity contribution in [1.82, 2.24) is 0 Å². The zero-order valence-corrected chi connectivity index (χ0v) is 15.6. The van der Waals surface area contributed by atoms with Crippen LogP contribution in [0.2, 0.25) is 0 Å². The molecule has 0 aliphatic rings. The molecule has 0 bridgehead atoms. The van der Waals surface area contributed by atoms with Crippen LogP contribution in [0.4, 0.5) is 5.69 Å². The second-order valence-electron chi connectivity index (χ2n) is 6.03. The molecular weight excluding hydrogens is 346 g/mol. The largest absolute Gasteiger partial charge is 0.465 e. The van der Waals surface area contributed by atoms with Gasteiger partial charge in [-0.05, 0) is 31.5 Å². The molecule has 0 saturated heterocycles. The van der Waals surface area contributed by atoms with E-state index in [-0.39, 0.29) is 5.91 Å². The van der Waals surface area contributed by atoms with Crippen LogP contribution in [-0.4, -0.2) is 19.0 Å². The van der Waals surface area contributed by atoms with Crippen molar-refractivity contribution in [2.45, 2.75) is 13.8 Å². The normalized spacial score (nSPS) is 10.4. The highest BCUT2D eigenvalue weighted by Crippen LogP contribution is 2.36. The number of amides is 1. The van der Waals surface area contributed by atoms with Crippen LogP contribution < -0.4 is 5.32 Å². The van der Waals surface area contributed by atoms with Crippen LogP contribution in [0.1, 0.15) is 31.8 Å². The lowest BCUT2D eigenvalue weighted by molar-refractivity contribution is 0.0603. The Morgan fingerprint density at radius 1 is 0.923 bits per heavy atom. The summed E-state index contributed by atoms with van der Waals surface area (Å²) < 4.78 is 4.94. The van der Waals surface area contributed by atoms with Crippen molar-refractivity contribution in [3.8, 4) is 10.4 Å². The van der Waals surface area contributed by atoms with Gasteiger partial charge in [0.25, 0.3) is 5.91 Å². The summed E-state index contributed by atoms with van der Waals surface area (Å²) in [7, 11) is 1.34. The highest BCUT2D eigenvalue weighted by Gasteiger charge is 2.22. The fourth-order valence-electron chi connectivity index (χ4n) is 2.57. The summed E-state index contributed by atoms with van der Waals surface area (Å²) in [5.74, 6) is -0.732. The first-order valence-corrected chi connectivity index (χ1v) is 9.02. The second kappa shape index (κ2) is 7.54. The molecule has 2 aromatic carbocycles. The third-order valence-electron chi connectivity index (χ3n) is 4.06. The molecule has 0 unspecified atom stereocenters. The van der Waals surface area contributed by atoms with E-state index in [1.165, 1.54) is 18.4 Å². The number of anilines is 1. The smallest absolute Gasteiger partial charge is 0.341 e. The number of thiophene rings is 1. The molecule has 1 heterocycles. The lowest BCUT2D eigenvalue weighted by Gasteiger charge is -2.08. The zero-order chi connectivity index (χ0) is 18.7. The number of nitrogens with one attached hydrogen (secondary N) is 1. The second-order valence-corrected chi connectivity index (χ2v) is 6.91. The Labute approximate surface area is 156 Å². The first-order chi connectivity index (χ1) is 12.5. The summed E-state index contributed by atoms with van der Waals surface area (Å²) in [6.45, 7) is 3.97. The summed E-state index contributed by atoms with van der Waals surface area (Å²) in [6.07, 6.45) is 0. The molecule has 0 spiro atoms. The highest BCUT2D eigenvalue weighted by molar-refractivity contribution is 7.14. The monoisotopic (exact) mass is 365 g/mol. The Morgan fingerprint density at radius 3 is 2.08 bits per heavy atom. The molecule has 4 nitrogen and oxygen atoms in total. The quantitative estimate of drug-likeness (QED) is 0.657. The molecule has 1 aromatic heterocycles. The van der Waals surface area contributed by atoms with Gasteiger partial charge in [-0.2, -0.15) is 0 Å². The summed E-state index contributed by atoms with van der Waals surface area (Å²) in [5.41, 5.74) is 4.50. The van der Waals surface area contributed by atoms with Gasteiger partial charge < -0.3 is 10.1 Å². The van der Waals surface area contributed by atoms with E-state index in [9.17, 15) is 9.59 Å². The minimum atomic E-state index is -0.471. The molecule has 1 N–H and O–H groups in total. The molecule has 0 radical (unpaired) electrons. The Bertz CT molecular complexity index is 940. The third-order valence-corrected chi connectivity index (χ3v) is 5.09. The number of aryl methyl sites for hydroxylation is 2. The van der Waals surface area contributed by atoms with Gasteiger partial charge >= 0.3 is 5.97 Å². The van der Waals surface area contributed by atoms with Crippen LogP contribution in [0, 0.1) is 13.8 Å². The fraction of sp³-hybridized carbons (Fsp3) is 0.143. The van der Waals surface area contributed by atoms with E-state index in [4.69, 9.17) is 4.74 Å². The van der Waals surface area contributed by atoms with Crippen LogP contribution in [0.3, 0.4) is 0 Å². The number of carbonyl (C=O) groups excluding carboxylic acids is 2. The average Bonchev–Trinajstić information content (AvgIpc) is 3.05. The van der Waals surface area contributed by atoms with Crippen LogP contribution in [0.15, 0.2) is 53.9 Å². The Morgan fingerprint density at radius 2 is 1.50 bits per heavy atom. The third kappa shape index (κ3) is 3.68. The van der Waals surface area contributed by atoms with Crippen molar-refractivity contribution in [1.29, 1.82) is 0 Å². The van der Waals surface area contributed by atoms with E-state index >= 15 is 0 Å². The van der Waals surface area contributed by atoms with Crippen molar-refractivity contribution in [3.05, 3.63) is 76.2 Å². The molecule has 5 heteroatoms. The molecule has 26 heavy (non-hydrogen) atoms. The van der Waals surface area contributed by atoms with Crippen LogP contribution in [0.5, 0.6) is 0 Å². The maximum atomic E-state index is 12.5. The molecule has 0 aliphatic carbocycles. The SMILES string of the molecule is COC(=O)c1c(NC(=O)c2ccc(C)cc2)csc1-c1ccc(C)cc1. The Kier molecular flexibility index (Phi) is 5.19. The number of rotatable bonds is 4. The molecule has 132 valence electrons. The standard InChI is InChI=1S/C21H19NO3S/c1-13-4-8-15(9-5-13)19-18(21(24)25-3)17(12-26-19)22-20(23)16-10-6-14(2)7-11-16/h4-12H,1-3H3,(H,22,23). The predicted molar refractivity (Wildman–Crippen MR) is 105 cm³/mol. The lowest BCUT2D eigenvalue weighted by atomic mass is 10.1. The van der Waals surface area contributed by atoms with Crippen LogP contribution in [-0.2, 0) is 4.74 Å². The summed E-state index contributed by atoms with van der Waals surface area (Å²) in [5, 5.41) is 4.61. The lowest BCUT2D eigenvalue weighted by Crippen LogP contribution is -2.14. The average molecular weight is 365 g/mol. The molecular formula is C21H19NO3S. The number of hydrogen-bond acceptors (Lipinski definition) is 4. The molecule has 0 aliphatic heterocycles. The van der Waals surface area contributed by atoms with Gasteiger partial charge in [-0.3, -0.25) is 4.79 Å². The minimum Gasteiger partial charge on any atom is -0.465 e. The molecule has 0 fully saturated rings. The van der Waals surface area contributed by atoms with E-state index < -0.39 is 5.97 Å². The number of benzene rings is 2. The summed E-state index contributed by atoms with van der Waals surface area (Å²) in [4.78, 5) is 25.6. The van der Waals surface area contributed by atoms with Gasteiger partial charge in [0.05, 0.1) is 17.7 Å². The number of esters is 1. The molecule has 3 aromatic rings. The number of methoxy groups -OCH3 is 1. The van der Waals surface area contributed by atoms with Gasteiger partial charge in [0, 0.05) is 10.9 Å². The van der Waals surface area contributed by atoms with Crippen LogP contribution in [0.25, 0.3) is 10.4 Å². The van der Waals surface area contributed by atoms with E-state index in [2.05, 4.69) is 5.32 Å². The molecule has 0 saturated carbocycles. The van der Waals surface area contributed by atoms with Crippen molar-refractivity contribution in [2.75, 3.05) is 12.4 Å². The molecule has 1 amide bonds. The number of ether oxygens (including phenoxy) is 1. The predicted octanol–water partition coefficient (Wildman–Crippen LogP) is 5.07. The fourth-order valence-corrected chi connectivity index (χ4v) is 3.57. The Balaban J connectivity index is 1.96. The highest BCUT2D eigenvalue weighted by atomic mass is 32.1. The first-order valence-electron chi connectivity index (χ1n) is 8.14. The van der Waals surface area contributed by atoms with Gasteiger partial charge in [-0.25, -0.2) is 4.79 Å². The minimum absolute atomic E-state index is 0.261.